The van der Waals surface area contributed by atoms with Gasteiger partial charge in [-0.3, -0.25) is 0 Å². The SMILES string of the molecule is CC(CCC=O)c1nn[nH]n1. The second-order valence-electron chi connectivity index (χ2n) is 2.42. The van der Waals surface area contributed by atoms with Gasteiger partial charge in [0.2, 0.25) is 0 Å². The summed E-state index contributed by atoms with van der Waals surface area (Å²) in [6, 6.07) is 0. The molecule has 0 amide bonds. The van der Waals surface area contributed by atoms with Gasteiger partial charge in [0.25, 0.3) is 0 Å². The predicted octanol–water partition coefficient (Wildman–Crippen LogP) is 0.282. The van der Waals surface area contributed by atoms with Gasteiger partial charge in [-0.05, 0) is 6.42 Å². The van der Waals surface area contributed by atoms with Gasteiger partial charge in [-0.15, -0.1) is 10.2 Å². The second kappa shape index (κ2) is 3.80. The molecule has 0 spiro atoms. The number of rotatable bonds is 4. The van der Waals surface area contributed by atoms with E-state index in [1.165, 1.54) is 0 Å². The quantitative estimate of drug-likeness (QED) is 0.632. The second-order valence-corrected chi connectivity index (χ2v) is 2.42. The van der Waals surface area contributed by atoms with E-state index in [4.69, 9.17) is 0 Å². The molecule has 0 fully saturated rings. The van der Waals surface area contributed by atoms with Gasteiger partial charge in [-0.1, -0.05) is 12.1 Å². The lowest BCUT2D eigenvalue weighted by molar-refractivity contribution is -0.108. The summed E-state index contributed by atoms with van der Waals surface area (Å²) < 4.78 is 0. The van der Waals surface area contributed by atoms with E-state index in [0.29, 0.717) is 12.2 Å². The maximum atomic E-state index is 10.0. The first-order valence-electron chi connectivity index (χ1n) is 3.51. The number of H-pyrrole nitrogens is 1. The van der Waals surface area contributed by atoms with E-state index in [0.717, 1.165) is 12.7 Å². The number of hydrogen-bond donors (Lipinski definition) is 1. The van der Waals surface area contributed by atoms with E-state index >= 15 is 0 Å². The highest BCUT2D eigenvalue weighted by atomic mass is 16.1. The van der Waals surface area contributed by atoms with Crippen molar-refractivity contribution in [1.29, 1.82) is 0 Å². The van der Waals surface area contributed by atoms with Crippen LogP contribution in [0.1, 0.15) is 31.5 Å². The van der Waals surface area contributed by atoms with Crippen LogP contribution in [0.3, 0.4) is 0 Å². The summed E-state index contributed by atoms with van der Waals surface area (Å²) in [4.78, 5) is 10.0. The van der Waals surface area contributed by atoms with Gasteiger partial charge >= 0.3 is 0 Å². The van der Waals surface area contributed by atoms with Crippen LogP contribution in [0, 0.1) is 0 Å². The molecule has 0 saturated carbocycles. The lowest BCUT2D eigenvalue weighted by Crippen LogP contribution is -1.96. The summed E-state index contributed by atoms with van der Waals surface area (Å²) in [6.45, 7) is 1.97. The van der Waals surface area contributed by atoms with E-state index in [2.05, 4.69) is 20.6 Å². The topological polar surface area (TPSA) is 71.5 Å². The van der Waals surface area contributed by atoms with Crippen LogP contribution in [0.25, 0.3) is 0 Å². The number of carbonyl (C=O) groups is 1. The number of aromatic nitrogens is 4. The molecule has 1 aromatic rings. The van der Waals surface area contributed by atoms with E-state index in [-0.39, 0.29) is 5.92 Å². The van der Waals surface area contributed by atoms with Gasteiger partial charge < -0.3 is 4.79 Å². The highest BCUT2D eigenvalue weighted by molar-refractivity contribution is 5.49. The number of aromatic amines is 1. The molecular formula is C6H10N4O. The van der Waals surface area contributed by atoms with E-state index < -0.39 is 0 Å². The predicted molar refractivity (Wildman–Crippen MR) is 37.9 cm³/mol. The summed E-state index contributed by atoms with van der Waals surface area (Å²) in [7, 11) is 0. The zero-order valence-corrected chi connectivity index (χ0v) is 6.32. The molecule has 0 aromatic carbocycles. The van der Waals surface area contributed by atoms with Gasteiger partial charge in [0, 0.05) is 12.3 Å². The molecule has 1 aromatic heterocycles. The molecule has 60 valence electrons. The Morgan fingerprint density at radius 1 is 1.73 bits per heavy atom. The lowest BCUT2D eigenvalue weighted by Gasteiger charge is -2.00. The van der Waals surface area contributed by atoms with E-state index in [1.807, 2.05) is 6.92 Å². The third-order valence-corrected chi connectivity index (χ3v) is 1.52. The van der Waals surface area contributed by atoms with Gasteiger partial charge in [-0.2, -0.15) is 5.21 Å². The molecule has 1 heterocycles. The molecule has 1 unspecified atom stereocenters. The van der Waals surface area contributed by atoms with Gasteiger partial charge in [0.15, 0.2) is 5.82 Å². The Balaban J connectivity index is 2.42. The minimum absolute atomic E-state index is 0.207. The number of tetrazole rings is 1. The average molecular weight is 154 g/mol. The molecule has 1 atom stereocenters. The summed E-state index contributed by atoms with van der Waals surface area (Å²) in [5, 5.41) is 13.4. The maximum absolute atomic E-state index is 10.0. The Bertz CT molecular complexity index is 208. The van der Waals surface area contributed by atoms with Crippen molar-refractivity contribution < 1.29 is 4.79 Å². The Hall–Kier alpha value is -1.26. The number of aldehydes is 1. The molecule has 0 radical (unpaired) electrons. The fourth-order valence-electron chi connectivity index (χ4n) is 0.825. The molecule has 0 aliphatic rings. The minimum Gasteiger partial charge on any atom is -0.303 e. The minimum atomic E-state index is 0.207. The van der Waals surface area contributed by atoms with Crippen LogP contribution in [0.2, 0.25) is 0 Å². The van der Waals surface area contributed by atoms with Crippen LogP contribution in [0.4, 0.5) is 0 Å². The van der Waals surface area contributed by atoms with Crippen LogP contribution in [0.15, 0.2) is 0 Å². The van der Waals surface area contributed by atoms with Crippen molar-refractivity contribution in [2.45, 2.75) is 25.7 Å². The number of nitrogens with zero attached hydrogens (tertiary/aromatic N) is 3. The van der Waals surface area contributed by atoms with Gasteiger partial charge in [0.1, 0.15) is 6.29 Å². The summed E-state index contributed by atoms with van der Waals surface area (Å²) in [5.41, 5.74) is 0. The molecule has 1 rings (SSSR count). The average Bonchev–Trinajstić information content (AvgIpc) is 2.52. The van der Waals surface area contributed by atoms with Crippen molar-refractivity contribution in [3.63, 3.8) is 0 Å². The fraction of sp³-hybridized carbons (Fsp3) is 0.667. The normalized spacial score (nSPS) is 12.8. The van der Waals surface area contributed by atoms with Crippen LogP contribution in [0.5, 0.6) is 0 Å². The standard InChI is InChI=1S/C6H10N4O/c1-5(3-2-4-11)6-7-9-10-8-6/h4-5H,2-3H2,1H3,(H,7,8,9,10). The summed E-state index contributed by atoms with van der Waals surface area (Å²) in [5.74, 6) is 0.880. The van der Waals surface area contributed by atoms with Crippen LogP contribution >= 0.6 is 0 Å². The smallest absolute Gasteiger partial charge is 0.177 e. The van der Waals surface area contributed by atoms with Crippen molar-refractivity contribution in [2.75, 3.05) is 0 Å². The molecule has 5 heteroatoms. The number of carbonyl (C=O) groups excluding carboxylic acids is 1. The maximum Gasteiger partial charge on any atom is 0.177 e. The summed E-state index contributed by atoms with van der Waals surface area (Å²) in [6.07, 6.45) is 2.23. The molecule has 5 nitrogen and oxygen atoms in total. The molecule has 1 N–H and O–H groups in total. The van der Waals surface area contributed by atoms with Crippen molar-refractivity contribution in [2.24, 2.45) is 0 Å². The molecule has 0 bridgehead atoms. The lowest BCUT2D eigenvalue weighted by atomic mass is 10.1. The molecule has 0 aliphatic heterocycles. The number of nitrogens with one attached hydrogen (secondary N) is 1. The zero-order valence-electron chi connectivity index (χ0n) is 6.32. The van der Waals surface area contributed by atoms with Crippen LogP contribution < -0.4 is 0 Å². The molecule has 11 heavy (non-hydrogen) atoms. The van der Waals surface area contributed by atoms with E-state index in [1.54, 1.807) is 0 Å². The molecule has 0 aliphatic carbocycles. The third-order valence-electron chi connectivity index (χ3n) is 1.52. The monoisotopic (exact) mass is 154 g/mol. The first-order valence-corrected chi connectivity index (χ1v) is 3.51. The molecular weight excluding hydrogens is 144 g/mol. The van der Waals surface area contributed by atoms with Crippen molar-refractivity contribution in [1.82, 2.24) is 20.6 Å². The largest absolute Gasteiger partial charge is 0.303 e. The third kappa shape index (κ3) is 2.10. The first-order chi connectivity index (χ1) is 5.34. The zero-order chi connectivity index (χ0) is 8.10. The van der Waals surface area contributed by atoms with Crippen molar-refractivity contribution in [3.8, 4) is 0 Å². The van der Waals surface area contributed by atoms with Crippen molar-refractivity contribution >= 4 is 6.29 Å². The van der Waals surface area contributed by atoms with Gasteiger partial charge in [0.05, 0.1) is 0 Å². The number of hydrogen-bond acceptors (Lipinski definition) is 4. The van der Waals surface area contributed by atoms with Crippen LogP contribution in [-0.4, -0.2) is 26.9 Å². The Labute approximate surface area is 64.2 Å². The van der Waals surface area contributed by atoms with Crippen molar-refractivity contribution in [3.05, 3.63) is 5.82 Å². The van der Waals surface area contributed by atoms with E-state index in [9.17, 15) is 4.79 Å². The molecule has 0 saturated heterocycles. The summed E-state index contributed by atoms with van der Waals surface area (Å²) >= 11 is 0. The Morgan fingerprint density at radius 2 is 2.55 bits per heavy atom. The fourth-order valence-corrected chi connectivity index (χ4v) is 0.825. The highest BCUT2D eigenvalue weighted by Gasteiger charge is 2.08. The van der Waals surface area contributed by atoms with Gasteiger partial charge in [-0.25, -0.2) is 0 Å². The Kier molecular flexibility index (Phi) is 2.71. The highest BCUT2D eigenvalue weighted by Crippen LogP contribution is 2.13. The first kappa shape index (κ1) is 7.84. The Morgan fingerprint density at radius 3 is 3.09 bits per heavy atom. The van der Waals surface area contributed by atoms with Crippen LogP contribution in [-0.2, 0) is 4.79 Å².